The summed E-state index contributed by atoms with van der Waals surface area (Å²) in [6.07, 6.45) is 0. The van der Waals surface area contributed by atoms with Crippen LogP contribution in [0.3, 0.4) is 0 Å². The van der Waals surface area contributed by atoms with E-state index in [-0.39, 0.29) is 0 Å². The molecule has 4 nitrogen and oxygen atoms in total. The lowest BCUT2D eigenvalue weighted by Gasteiger charge is -2.26. The number of nitrogens with zero attached hydrogens (tertiary/aromatic N) is 4. The third kappa shape index (κ3) is 5.89. The summed E-state index contributed by atoms with van der Waals surface area (Å²) in [4.78, 5) is 4.71. The van der Waals surface area contributed by atoms with E-state index in [0.29, 0.717) is 16.8 Å². The molecule has 5 heterocycles. The molecule has 0 aliphatic heterocycles. The van der Waals surface area contributed by atoms with Gasteiger partial charge in [-0.25, -0.2) is 4.85 Å². The average molecular weight is 1010 g/mol. The summed E-state index contributed by atoms with van der Waals surface area (Å²) in [6.45, 7) is 9.63. The fourth-order valence-electron chi connectivity index (χ4n) is 12.2. The highest BCUT2D eigenvalue weighted by molar-refractivity contribution is 7.27. The van der Waals surface area contributed by atoms with Gasteiger partial charge in [-0.05, 0) is 46.5 Å². The van der Waals surface area contributed by atoms with E-state index < -0.39 is 0 Å². The molecule has 0 atom stereocenters. The van der Waals surface area contributed by atoms with Crippen molar-refractivity contribution in [2.45, 2.75) is 0 Å². The number of thiophene rings is 3. The Hall–Kier alpha value is -9.34. The molecule has 346 valence electrons. The van der Waals surface area contributed by atoms with Gasteiger partial charge in [0.25, 0.3) is 0 Å². The highest BCUT2D eigenvalue weighted by Crippen LogP contribution is 2.56. The minimum atomic E-state index is 0.424. The summed E-state index contributed by atoms with van der Waals surface area (Å²) < 4.78 is 11.9. The number of aromatic nitrogens is 2. The van der Waals surface area contributed by atoms with E-state index in [1.54, 1.807) is 34.0 Å². The van der Waals surface area contributed by atoms with Gasteiger partial charge in [0.05, 0.1) is 59.7 Å². The molecule has 0 radical (unpaired) electrons. The van der Waals surface area contributed by atoms with Crippen LogP contribution in [0, 0.1) is 17.9 Å². The van der Waals surface area contributed by atoms with Crippen LogP contribution < -0.4 is 0 Å². The Morgan fingerprint density at radius 3 is 1.24 bits per heavy atom. The summed E-state index contributed by atoms with van der Waals surface area (Å²) in [6, 6.07) is 80.7. The monoisotopic (exact) mass is 1000 g/mol. The molecule has 7 heteroatoms. The zero-order valence-electron chi connectivity index (χ0n) is 39.8. The van der Waals surface area contributed by atoms with Crippen molar-refractivity contribution in [3.63, 3.8) is 0 Å². The first kappa shape index (κ1) is 42.2. The van der Waals surface area contributed by atoms with Gasteiger partial charge < -0.3 is 9.13 Å². The molecule has 0 saturated heterocycles. The van der Waals surface area contributed by atoms with E-state index in [2.05, 4.69) is 215 Å². The Kier molecular flexibility index (Phi) is 9.05. The molecule has 0 N–H and O–H groups in total. The second-order valence-electron chi connectivity index (χ2n) is 19.2. The Morgan fingerprint density at radius 2 is 0.760 bits per heavy atom. The Balaban J connectivity index is 1.22. The Bertz CT molecular complexity index is 5070. The van der Waals surface area contributed by atoms with Crippen molar-refractivity contribution >= 4 is 144 Å². The first-order chi connectivity index (χ1) is 37.2. The Labute approximate surface area is 441 Å². The normalized spacial score (nSPS) is 12.0. The van der Waals surface area contributed by atoms with E-state index in [1.165, 1.54) is 41.0 Å². The third-order valence-electron chi connectivity index (χ3n) is 15.4. The lowest BCUT2D eigenvalue weighted by atomic mass is 9.88. The molecule has 0 spiro atoms. The summed E-state index contributed by atoms with van der Waals surface area (Å²) >= 11 is 5.41. The van der Waals surface area contributed by atoms with Gasteiger partial charge in [-0.15, -0.1) is 34.0 Å². The van der Waals surface area contributed by atoms with E-state index in [9.17, 15) is 11.8 Å². The first-order valence-electron chi connectivity index (χ1n) is 24.9. The minimum Gasteiger partial charge on any atom is -0.316 e. The topological polar surface area (TPSA) is 38.0 Å². The van der Waals surface area contributed by atoms with Crippen LogP contribution in [0.1, 0.15) is 5.56 Å². The maximum atomic E-state index is 12.3. The highest BCUT2D eigenvalue weighted by atomic mass is 32.1. The number of hydrogen-bond donors (Lipinski definition) is 0. The van der Waals surface area contributed by atoms with Crippen molar-refractivity contribution in [1.29, 1.82) is 5.26 Å². The van der Waals surface area contributed by atoms with Crippen molar-refractivity contribution in [2.75, 3.05) is 0 Å². The zero-order chi connectivity index (χ0) is 49.5. The van der Waals surface area contributed by atoms with Crippen molar-refractivity contribution < 1.29 is 0 Å². The van der Waals surface area contributed by atoms with Crippen molar-refractivity contribution in [1.82, 2.24) is 9.13 Å². The SMILES string of the molecule is [C-]#[N+]c1c(-c2ccccc2)c(C#N)c(-n2c3cc(-c4ccccc4)ccc3c3ccc4c5ccccc5sc4c32)c(-c2ccccc2)c1-n1c2c(ccc3c4ccccc4sc32)c2ccc3c4ccccc4sc3c21. The van der Waals surface area contributed by atoms with Gasteiger partial charge in [0.2, 0.25) is 5.69 Å². The van der Waals surface area contributed by atoms with Gasteiger partial charge in [0, 0.05) is 79.1 Å². The number of fused-ring (bicyclic) bond motifs is 18. The molecule has 0 fully saturated rings. The molecule has 0 amide bonds. The van der Waals surface area contributed by atoms with Gasteiger partial charge >= 0.3 is 0 Å². The molecule has 0 bridgehead atoms. The van der Waals surface area contributed by atoms with E-state index in [0.717, 1.165) is 102 Å². The predicted molar refractivity (Wildman–Crippen MR) is 321 cm³/mol. The van der Waals surface area contributed by atoms with E-state index >= 15 is 0 Å². The van der Waals surface area contributed by atoms with Crippen LogP contribution in [-0.2, 0) is 0 Å². The number of hydrogen-bond acceptors (Lipinski definition) is 4. The first-order valence-corrected chi connectivity index (χ1v) is 27.4. The van der Waals surface area contributed by atoms with Crippen molar-refractivity contribution in [3.8, 4) is 50.8 Å². The lowest BCUT2D eigenvalue weighted by Crippen LogP contribution is -2.09. The van der Waals surface area contributed by atoms with E-state index in [1.807, 2.05) is 18.2 Å². The summed E-state index contributed by atoms with van der Waals surface area (Å²) in [5, 5.41) is 23.8. The molecule has 11 aromatic carbocycles. The van der Waals surface area contributed by atoms with Crippen LogP contribution in [0.4, 0.5) is 5.69 Å². The van der Waals surface area contributed by atoms with Crippen LogP contribution in [0.25, 0.3) is 154 Å². The fourth-order valence-corrected chi connectivity index (χ4v) is 15.9. The zero-order valence-corrected chi connectivity index (χ0v) is 42.2. The standard InChI is InChI=1S/C68H36N4S3/c1-70-60-58(40-19-7-3-8-20-40)53(38-69)61(71-54-37-42(39-17-5-2-6-18-39)29-30-43(54)47-31-34-50-44-23-11-14-26-55(44)73-66(50)62(47)71)59(41-21-9-4-10-22-41)65(60)72-63-48(32-35-51-45-24-12-15-27-56(45)74-67(51)63)49-33-36-52-46-25-13-16-28-57(46)75-68(52)64(49)72/h2-37H. The minimum absolute atomic E-state index is 0.424. The second kappa shape index (κ2) is 16.1. The van der Waals surface area contributed by atoms with Gasteiger partial charge in [-0.1, -0.05) is 194 Å². The number of nitriles is 1. The maximum Gasteiger partial charge on any atom is 0.220 e. The molecule has 75 heavy (non-hydrogen) atoms. The van der Waals surface area contributed by atoms with Gasteiger partial charge in [0.1, 0.15) is 6.07 Å². The van der Waals surface area contributed by atoms with E-state index in [4.69, 9.17) is 4.85 Å². The highest BCUT2D eigenvalue weighted by Gasteiger charge is 2.33. The van der Waals surface area contributed by atoms with Gasteiger partial charge in [0.15, 0.2) is 0 Å². The summed E-state index contributed by atoms with van der Waals surface area (Å²) in [5.41, 5.74) is 11.8. The predicted octanol–water partition coefficient (Wildman–Crippen LogP) is 20.4. The van der Waals surface area contributed by atoms with Crippen LogP contribution in [0.5, 0.6) is 0 Å². The molecular weight excluding hydrogens is 969 g/mol. The third-order valence-corrected chi connectivity index (χ3v) is 19.0. The molecule has 0 aliphatic rings. The molecule has 16 aromatic rings. The van der Waals surface area contributed by atoms with Gasteiger partial charge in [-0.2, -0.15) is 5.26 Å². The molecule has 0 saturated carbocycles. The Morgan fingerprint density at radius 1 is 0.360 bits per heavy atom. The fraction of sp³-hybridized carbons (Fsp3) is 0. The molecule has 5 aromatic heterocycles. The number of benzene rings is 11. The van der Waals surface area contributed by atoms with Crippen LogP contribution in [0.2, 0.25) is 0 Å². The average Bonchev–Trinajstić information content (AvgIpc) is 4.32. The molecule has 0 unspecified atom stereocenters. The lowest BCUT2D eigenvalue weighted by molar-refractivity contribution is 1.14. The second-order valence-corrected chi connectivity index (χ2v) is 22.4. The van der Waals surface area contributed by atoms with Crippen LogP contribution in [0.15, 0.2) is 218 Å². The quantitative estimate of drug-likeness (QED) is 0.158. The smallest absolute Gasteiger partial charge is 0.220 e. The summed E-state index contributed by atoms with van der Waals surface area (Å²) in [7, 11) is 0. The number of rotatable bonds is 5. The summed E-state index contributed by atoms with van der Waals surface area (Å²) in [5.74, 6) is 0. The molecule has 0 aliphatic carbocycles. The van der Waals surface area contributed by atoms with Crippen molar-refractivity contribution in [2.24, 2.45) is 0 Å². The van der Waals surface area contributed by atoms with Crippen LogP contribution in [-0.4, -0.2) is 9.13 Å². The maximum absolute atomic E-state index is 12.3. The molecular formula is C68H36N4S3. The molecule has 16 rings (SSSR count). The largest absolute Gasteiger partial charge is 0.316 e. The van der Waals surface area contributed by atoms with Gasteiger partial charge in [-0.3, -0.25) is 0 Å². The van der Waals surface area contributed by atoms with Crippen molar-refractivity contribution in [3.05, 3.63) is 235 Å². The van der Waals surface area contributed by atoms with Crippen LogP contribution >= 0.6 is 34.0 Å².